The van der Waals surface area contributed by atoms with Crippen molar-refractivity contribution in [2.45, 2.75) is 25.4 Å². The van der Waals surface area contributed by atoms with Gasteiger partial charge in [0.2, 0.25) is 6.79 Å². The maximum Gasteiger partial charge on any atom is 0.231 e. The van der Waals surface area contributed by atoms with Gasteiger partial charge in [0.25, 0.3) is 0 Å². The van der Waals surface area contributed by atoms with Crippen LogP contribution in [0.1, 0.15) is 30.1 Å². The van der Waals surface area contributed by atoms with Gasteiger partial charge in [0.1, 0.15) is 0 Å². The quantitative estimate of drug-likeness (QED) is 0.904. The Labute approximate surface area is 148 Å². The lowest BCUT2D eigenvalue weighted by Crippen LogP contribution is -2.41. The third-order valence-corrected chi connectivity index (χ3v) is 5.37. The van der Waals surface area contributed by atoms with Gasteiger partial charge in [-0.15, -0.1) is 0 Å². The van der Waals surface area contributed by atoms with Gasteiger partial charge in [0.15, 0.2) is 11.5 Å². The van der Waals surface area contributed by atoms with Crippen molar-refractivity contribution in [2.75, 3.05) is 26.9 Å². The van der Waals surface area contributed by atoms with E-state index < -0.39 is 0 Å². The minimum Gasteiger partial charge on any atom is -0.454 e. The molecule has 2 aromatic rings. The Morgan fingerprint density at radius 2 is 2.16 bits per heavy atom. The summed E-state index contributed by atoms with van der Waals surface area (Å²) >= 11 is 0. The largest absolute Gasteiger partial charge is 0.454 e. The molecule has 4 rings (SSSR count). The number of nitrogens with one attached hydrogen (secondary N) is 1. The Bertz CT molecular complexity index is 730. The highest BCUT2D eigenvalue weighted by molar-refractivity contribution is 5.48. The second-order valence-corrected chi connectivity index (χ2v) is 6.99. The van der Waals surface area contributed by atoms with E-state index in [2.05, 4.69) is 34.5 Å². The van der Waals surface area contributed by atoms with Crippen molar-refractivity contribution in [3.63, 3.8) is 0 Å². The second-order valence-electron chi connectivity index (χ2n) is 6.99. The molecule has 6 nitrogen and oxygen atoms in total. The first-order chi connectivity index (χ1) is 12.2. The Morgan fingerprint density at radius 1 is 1.24 bits per heavy atom. The van der Waals surface area contributed by atoms with Crippen LogP contribution in [0.5, 0.6) is 11.5 Å². The average molecular weight is 342 g/mol. The van der Waals surface area contributed by atoms with Crippen molar-refractivity contribution >= 4 is 0 Å². The molecule has 1 saturated heterocycles. The molecule has 134 valence electrons. The topological polar surface area (TPSA) is 51.6 Å². The molecule has 6 heteroatoms. The number of nitrogens with zero attached hydrogens (tertiary/aromatic N) is 3. The lowest BCUT2D eigenvalue weighted by Gasteiger charge is -2.39. The van der Waals surface area contributed by atoms with Crippen molar-refractivity contribution < 1.29 is 9.47 Å². The third-order valence-electron chi connectivity index (χ3n) is 5.37. The first kappa shape index (κ1) is 16.4. The van der Waals surface area contributed by atoms with E-state index in [-0.39, 0.29) is 0 Å². The van der Waals surface area contributed by atoms with Gasteiger partial charge < -0.3 is 14.8 Å². The summed E-state index contributed by atoms with van der Waals surface area (Å²) in [4.78, 5) is 2.46. The molecule has 1 aromatic carbocycles. The highest BCUT2D eigenvalue weighted by Crippen LogP contribution is 2.36. The third kappa shape index (κ3) is 3.24. The predicted octanol–water partition coefficient (Wildman–Crippen LogP) is 2.32. The first-order valence-corrected chi connectivity index (χ1v) is 9.00. The van der Waals surface area contributed by atoms with E-state index in [1.807, 2.05) is 30.1 Å². The number of aromatic nitrogens is 2. The van der Waals surface area contributed by atoms with Crippen molar-refractivity contribution in [3.05, 3.63) is 41.7 Å². The van der Waals surface area contributed by atoms with Gasteiger partial charge in [0, 0.05) is 31.9 Å². The van der Waals surface area contributed by atoms with Crippen LogP contribution < -0.4 is 14.8 Å². The van der Waals surface area contributed by atoms with Crippen LogP contribution in [-0.4, -0.2) is 41.6 Å². The number of aryl methyl sites for hydroxylation is 1. The lowest BCUT2D eigenvalue weighted by molar-refractivity contribution is 0.112. The van der Waals surface area contributed by atoms with Gasteiger partial charge in [-0.05, 0) is 44.5 Å². The summed E-state index contributed by atoms with van der Waals surface area (Å²) in [7, 11) is 4.26. The van der Waals surface area contributed by atoms with Crippen molar-refractivity contribution in [1.29, 1.82) is 0 Å². The number of ether oxygens (including phenoxy) is 2. The number of rotatable bonds is 5. The smallest absolute Gasteiger partial charge is 0.231 e. The molecule has 0 unspecified atom stereocenters. The van der Waals surface area contributed by atoms with E-state index in [9.17, 15) is 0 Å². The van der Waals surface area contributed by atoms with Crippen molar-refractivity contribution in [2.24, 2.45) is 13.0 Å². The van der Waals surface area contributed by atoms with Crippen LogP contribution >= 0.6 is 0 Å². The SMILES string of the molecule is CN1CCC[C@@H](CNCc2cccc3c2OCO3)[C@@H]1c1ccnn1C. The normalized spacial score (nSPS) is 23.1. The molecule has 3 heterocycles. The summed E-state index contributed by atoms with van der Waals surface area (Å²) < 4.78 is 13.1. The predicted molar refractivity (Wildman–Crippen MR) is 95.6 cm³/mol. The van der Waals surface area contributed by atoms with Crippen molar-refractivity contribution in [3.8, 4) is 11.5 Å². The van der Waals surface area contributed by atoms with Crippen molar-refractivity contribution in [1.82, 2.24) is 20.0 Å². The maximum absolute atomic E-state index is 5.60. The molecule has 1 fully saturated rings. The average Bonchev–Trinajstić information content (AvgIpc) is 3.24. The molecule has 0 amide bonds. The molecule has 1 N–H and O–H groups in total. The summed E-state index contributed by atoms with van der Waals surface area (Å²) in [6.45, 7) is 3.24. The zero-order valence-corrected chi connectivity index (χ0v) is 14.9. The number of hydrogen-bond donors (Lipinski definition) is 1. The minimum atomic E-state index is 0.322. The second kappa shape index (κ2) is 7.06. The van der Waals surface area contributed by atoms with Crippen LogP contribution in [0.4, 0.5) is 0 Å². The lowest BCUT2D eigenvalue weighted by atomic mass is 9.87. The maximum atomic E-state index is 5.60. The van der Waals surface area contributed by atoms with Gasteiger partial charge >= 0.3 is 0 Å². The van der Waals surface area contributed by atoms with E-state index in [1.54, 1.807) is 0 Å². The monoisotopic (exact) mass is 342 g/mol. The summed E-state index contributed by atoms with van der Waals surface area (Å²) in [5, 5.41) is 8.01. The molecule has 2 aliphatic rings. The molecule has 25 heavy (non-hydrogen) atoms. The van der Waals surface area contributed by atoms with Crippen LogP contribution in [0.2, 0.25) is 0 Å². The summed E-state index contributed by atoms with van der Waals surface area (Å²) in [6.07, 6.45) is 4.38. The van der Waals surface area contributed by atoms with E-state index in [0.717, 1.165) is 36.7 Å². The first-order valence-electron chi connectivity index (χ1n) is 9.00. The fourth-order valence-corrected chi connectivity index (χ4v) is 4.14. The van der Waals surface area contributed by atoms with Gasteiger partial charge in [0.05, 0.1) is 11.7 Å². The molecular weight excluding hydrogens is 316 g/mol. The molecule has 0 aliphatic carbocycles. The molecule has 0 bridgehead atoms. The van der Waals surface area contributed by atoms with Crippen LogP contribution in [0.3, 0.4) is 0 Å². The highest BCUT2D eigenvalue weighted by Gasteiger charge is 2.32. The zero-order valence-electron chi connectivity index (χ0n) is 14.9. The molecular formula is C19H26N4O2. The molecule has 0 saturated carbocycles. The van der Waals surface area contributed by atoms with Gasteiger partial charge in [-0.25, -0.2) is 0 Å². The number of benzene rings is 1. The number of fused-ring (bicyclic) bond motifs is 1. The molecule has 1 aromatic heterocycles. The van der Waals surface area contributed by atoms with Crippen LogP contribution in [0.15, 0.2) is 30.5 Å². The van der Waals surface area contributed by atoms with Crippen LogP contribution in [0.25, 0.3) is 0 Å². The Hall–Kier alpha value is -2.05. The van der Waals surface area contributed by atoms with E-state index in [4.69, 9.17) is 9.47 Å². The van der Waals surface area contributed by atoms with Gasteiger partial charge in [-0.3, -0.25) is 9.58 Å². The fraction of sp³-hybridized carbons (Fsp3) is 0.526. The number of piperidine rings is 1. The Balaban J connectivity index is 1.43. The van der Waals surface area contributed by atoms with E-state index in [1.165, 1.54) is 18.5 Å². The Kier molecular flexibility index (Phi) is 4.63. The minimum absolute atomic E-state index is 0.322. The number of hydrogen-bond acceptors (Lipinski definition) is 5. The molecule has 0 radical (unpaired) electrons. The van der Waals surface area contributed by atoms with E-state index in [0.29, 0.717) is 18.8 Å². The number of para-hydroxylation sites is 1. The van der Waals surface area contributed by atoms with E-state index >= 15 is 0 Å². The molecule has 2 atom stereocenters. The summed E-state index contributed by atoms with van der Waals surface area (Å²) in [5.74, 6) is 2.31. The molecule has 2 aliphatic heterocycles. The standard InChI is InChI=1S/C19H26N4O2/c1-22-10-4-6-14(18(22)16-8-9-21-23(16)2)11-20-12-15-5-3-7-17-19(15)25-13-24-17/h3,5,7-9,14,18,20H,4,6,10-13H2,1-2H3/t14-,18+/m0/s1. The van der Waals surface area contributed by atoms with Gasteiger partial charge in [-0.1, -0.05) is 12.1 Å². The molecule has 0 spiro atoms. The van der Waals surface area contributed by atoms with Crippen LogP contribution in [-0.2, 0) is 13.6 Å². The zero-order chi connectivity index (χ0) is 17.2. The summed E-state index contributed by atoms with van der Waals surface area (Å²) in [5.41, 5.74) is 2.46. The Morgan fingerprint density at radius 3 is 3.00 bits per heavy atom. The fourth-order valence-electron chi connectivity index (χ4n) is 4.14. The van der Waals surface area contributed by atoms with Gasteiger partial charge in [-0.2, -0.15) is 5.10 Å². The summed E-state index contributed by atoms with van der Waals surface area (Å²) in [6, 6.07) is 8.65. The number of likely N-dealkylation sites (tertiary alicyclic amines) is 1. The highest BCUT2D eigenvalue weighted by atomic mass is 16.7. The van der Waals surface area contributed by atoms with Crippen LogP contribution in [0, 0.1) is 5.92 Å².